The van der Waals surface area contributed by atoms with Crippen LogP contribution in [-0.2, 0) is 12.4 Å². The van der Waals surface area contributed by atoms with Crippen molar-refractivity contribution in [1.82, 2.24) is 5.32 Å². The molecule has 3 aromatic carbocycles. The number of amides is 2. The second-order valence-electron chi connectivity index (χ2n) is 10.5. The summed E-state index contributed by atoms with van der Waals surface area (Å²) < 4.78 is 80.1. The average Bonchev–Trinajstić information content (AvgIpc) is 2.87. The number of benzene rings is 3. The van der Waals surface area contributed by atoms with Crippen LogP contribution in [0.2, 0.25) is 5.02 Å². The standard InChI is InChI=1S/C30H29ClF6N2O2S/c1-16-11-18(17(2)19-12-20(29(32,33)34)14-21(13-19)30(35,36)37)9-10-24(16)38-26(40)22-7-6-8-23(31)25(22)27(41)39-28(3,4)15-42-5/h6-14,17H,15H2,1-5H3,(H,38,40)(H,39,41). The molecule has 0 bridgehead atoms. The zero-order valence-electron chi connectivity index (χ0n) is 23.4. The van der Waals surface area contributed by atoms with Gasteiger partial charge in [0.05, 0.1) is 27.3 Å². The van der Waals surface area contributed by atoms with Crippen LogP contribution in [0, 0.1) is 6.92 Å². The molecule has 3 rings (SSSR count). The van der Waals surface area contributed by atoms with Crippen molar-refractivity contribution in [3.05, 3.63) is 98.6 Å². The van der Waals surface area contributed by atoms with Crippen molar-refractivity contribution in [2.45, 2.75) is 51.5 Å². The number of nitrogens with one attached hydrogen (secondary N) is 2. The highest BCUT2D eigenvalue weighted by molar-refractivity contribution is 7.98. The minimum Gasteiger partial charge on any atom is -0.346 e. The fourth-order valence-electron chi connectivity index (χ4n) is 4.42. The monoisotopic (exact) mass is 630 g/mol. The molecule has 0 aromatic heterocycles. The van der Waals surface area contributed by atoms with Crippen LogP contribution in [0.1, 0.15) is 75.2 Å². The molecule has 0 radical (unpaired) electrons. The van der Waals surface area contributed by atoms with E-state index in [-0.39, 0.29) is 27.8 Å². The van der Waals surface area contributed by atoms with Gasteiger partial charge in [-0.25, -0.2) is 0 Å². The third-order valence-corrected chi connectivity index (χ3v) is 7.88. The van der Waals surface area contributed by atoms with E-state index in [1.54, 1.807) is 24.8 Å². The van der Waals surface area contributed by atoms with E-state index >= 15 is 0 Å². The molecule has 1 atom stereocenters. The summed E-state index contributed by atoms with van der Waals surface area (Å²) in [5.74, 6) is -1.36. The molecule has 0 spiro atoms. The number of hydrogen-bond acceptors (Lipinski definition) is 3. The van der Waals surface area contributed by atoms with Crippen LogP contribution in [0.15, 0.2) is 54.6 Å². The number of hydrogen-bond donors (Lipinski definition) is 2. The van der Waals surface area contributed by atoms with Crippen molar-refractivity contribution in [1.29, 1.82) is 0 Å². The molecule has 0 fully saturated rings. The van der Waals surface area contributed by atoms with Gasteiger partial charge in [0.15, 0.2) is 0 Å². The second kappa shape index (κ2) is 12.6. The Labute approximate surface area is 249 Å². The topological polar surface area (TPSA) is 58.2 Å². The Morgan fingerprint density at radius 3 is 2.00 bits per heavy atom. The molecular formula is C30H29ClF6N2O2S. The SMILES string of the molecule is CSCC(C)(C)NC(=O)c1c(Cl)cccc1C(=O)Nc1ccc(C(C)c2cc(C(F)(F)F)cc(C(F)(F)F)c2)cc1C. The predicted molar refractivity (Wildman–Crippen MR) is 154 cm³/mol. The van der Waals surface area contributed by atoms with Gasteiger partial charge >= 0.3 is 12.4 Å². The highest BCUT2D eigenvalue weighted by Crippen LogP contribution is 2.39. The van der Waals surface area contributed by atoms with Crippen molar-refractivity contribution in [3.8, 4) is 0 Å². The van der Waals surface area contributed by atoms with Crippen molar-refractivity contribution in [2.75, 3.05) is 17.3 Å². The Morgan fingerprint density at radius 1 is 0.881 bits per heavy atom. The predicted octanol–water partition coefficient (Wildman–Crippen LogP) is 8.96. The molecule has 2 amide bonds. The number of aryl methyl sites for hydroxylation is 1. The van der Waals surface area contributed by atoms with Crippen LogP contribution in [0.5, 0.6) is 0 Å². The average molecular weight is 631 g/mol. The first kappa shape index (κ1) is 33.3. The lowest BCUT2D eigenvalue weighted by molar-refractivity contribution is -0.143. The highest BCUT2D eigenvalue weighted by Gasteiger charge is 2.37. The lowest BCUT2D eigenvalue weighted by atomic mass is 9.89. The normalized spacial score (nSPS) is 13.0. The van der Waals surface area contributed by atoms with Gasteiger partial charge in [0.1, 0.15) is 0 Å². The maximum Gasteiger partial charge on any atom is 0.416 e. The van der Waals surface area contributed by atoms with Gasteiger partial charge in [-0.2, -0.15) is 38.1 Å². The van der Waals surface area contributed by atoms with Crippen LogP contribution >= 0.6 is 23.4 Å². The van der Waals surface area contributed by atoms with Gasteiger partial charge in [-0.1, -0.05) is 36.7 Å². The summed E-state index contributed by atoms with van der Waals surface area (Å²) >= 11 is 7.86. The first-order valence-electron chi connectivity index (χ1n) is 12.7. The van der Waals surface area contributed by atoms with Crippen molar-refractivity contribution in [2.24, 2.45) is 0 Å². The smallest absolute Gasteiger partial charge is 0.346 e. The van der Waals surface area contributed by atoms with Gasteiger partial charge in [-0.15, -0.1) is 0 Å². The van der Waals surface area contributed by atoms with E-state index in [0.29, 0.717) is 34.7 Å². The quantitative estimate of drug-likeness (QED) is 0.244. The molecule has 4 nitrogen and oxygen atoms in total. The van der Waals surface area contributed by atoms with Gasteiger partial charge in [0, 0.05) is 22.9 Å². The van der Waals surface area contributed by atoms with Gasteiger partial charge in [-0.05, 0) is 80.1 Å². The van der Waals surface area contributed by atoms with E-state index in [2.05, 4.69) is 10.6 Å². The summed E-state index contributed by atoms with van der Waals surface area (Å²) in [6.07, 6.45) is -8.02. The van der Waals surface area contributed by atoms with Crippen molar-refractivity contribution >= 4 is 40.9 Å². The minimum atomic E-state index is -4.96. The molecule has 226 valence electrons. The zero-order chi connectivity index (χ0) is 31.6. The Kier molecular flexibility index (Phi) is 9.99. The van der Waals surface area contributed by atoms with Crippen LogP contribution in [0.3, 0.4) is 0 Å². The number of anilines is 1. The fourth-order valence-corrected chi connectivity index (χ4v) is 5.47. The lowest BCUT2D eigenvalue weighted by Gasteiger charge is -2.26. The summed E-state index contributed by atoms with van der Waals surface area (Å²) in [4.78, 5) is 26.4. The van der Waals surface area contributed by atoms with E-state index in [0.717, 1.165) is 0 Å². The van der Waals surface area contributed by atoms with Gasteiger partial charge in [-0.3, -0.25) is 9.59 Å². The largest absolute Gasteiger partial charge is 0.416 e. The number of thioether (sulfide) groups is 1. The van der Waals surface area contributed by atoms with Gasteiger partial charge < -0.3 is 10.6 Å². The summed E-state index contributed by atoms with van der Waals surface area (Å²) in [6.45, 7) is 6.81. The number of rotatable bonds is 8. The summed E-state index contributed by atoms with van der Waals surface area (Å²) in [5, 5.41) is 5.69. The lowest BCUT2D eigenvalue weighted by Crippen LogP contribution is -2.46. The molecule has 42 heavy (non-hydrogen) atoms. The molecule has 2 N–H and O–H groups in total. The number of carbonyl (C=O) groups excluding carboxylic acids is 2. The second-order valence-corrected chi connectivity index (χ2v) is 11.8. The number of carbonyl (C=O) groups is 2. The Balaban J connectivity index is 1.91. The van der Waals surface area contributed by atoms with E-state index < -0.39 is 46.8 Å². The minimum absolute atomic E-state index is 0.00115. The van der Waals surface area contributed by atoms with Crippen molar-refractivity contribution in [3.63, 3.8) is 0 Å². The van der Waals surface area contributed by atoms with E-state index in [1.807, 2.05) is 20.1 Å². The van der Waals surface area contributed by atoms with Crippen molar-refractivity contribution < 1.29 is 35.9 Å². The molecule has 0 aliphatic rings. The van der Waals surface area contributed by atoms with Crippen LogP contribution in [0.25, 0.3) is 0 Å². The Hall–Kier alpha value is -3.18. The fraction of sp³-hybridized carbons (Fsp3) is 0.333. The molecule has 0 aliphatic carbocycles. The van der Waals surface area contributed by atoms with Crippen LogP contribution in [-0.4, -0.2) is 29.4 Å². The molecule has 3 aromatic rings. The molecular weight excluding hydrogens is 602 g/mol. The maximum absolute atomic E-state index is 13.4. The molecule has 12 heteroatoms. The summed E-state index contributed by atoms with van der Waals surface area (Å²) in [5.41, 5.74) is -2.21. The third-order valence-electron chi connectivity index (χ3n) is 6.55. The van der Waals surface area contributed by atoms with Crippen LogP contribution < -0.4 is 10.6 Å². The Morgan fingerprint density at radius 2 is 1.48 bits per heavy atom. The molecule has 0 saturated heterocycles. The zero-order valence-corrected chi connectivity index (χ0v) is 24.9. The van der Waals surface area contributed by atoms with E-state index in [9.17, 15) is 35.9 Å². The Bertz CT molecular complexity index is 1460. The van der Waals surface area contributed by atoms with Gasteiger partial charge in [0.25, 0.3) is 11.8 Å². The van der Waals surface area contributed by atoms with E-state index in [1.165, 1.54) is 37.3 Å². The maximum atomic E-state index is 13.4. The third kappa shape index (κ3) is 8.01. The molecule has 0 saturated carbocycles. The first-order valence-corrected chi connectivity index (χ1v) is 14.4. The van der Waals surface area contributed by atoms with E-state index in [4.69, 9.17) is 11.6 Å². The van der Waals surface area contributed by atoms with Crippen LogP contribution in [0.4, 0.5) is 32.0 Å². The number of halogens is 7. The number of alkyl halides is 6. The summed E-state index contributed by atoms with van der Waals surface area (Å²) in [7, 11) is 0. The molecule has 0 heterocycles. The molecule has 1 unspecified atom stereocenters. The summed E-state index contributed by atoms with van der Waals surface area (Å²) in [6, 6.07) is 10.6. The molecule has 0 aliphatic heterocycles. The first-order chi connectivity index (χ1) is 19.3. The highest BCUT2D eigenvalue weighted by atomic mass is 35.5. The van der Waals surface area contributed by atoms with Gasteiger partial charge in [0.2, 0.25) is 0 Å².